The molecule has 0 unspecified atom stereocenters. The Balaban J connectivity index is 1.87. The van der Waals surface area contributed by atoms with Crippen LogP contribution in [0.3, 0.4) is 0 Å². The molecule has 7 heteroatoms. The molecule has 114 valence electrons. The third-order valence-electron chi connectivity index (χ3n) is 3.26. The minimum absolute atomic E-state index is 0.0270. The Bertz CT molecular complexity index is 792. The van der Waals surface area contributed by atoms with E-state index in [1.807, 2.05) is 12.1 Å². The molecule has 3 aromatic heterocycles. The van der Waals surface area contributed by atoms with Crippen LogP contribution in [0.5, 0.6) is 0 Å². The summed E-state index contributed by atoms with van der Waals surface area (Å²) in [6.45, 7) is 0. The Hall–Kier alpha value is -3.48. The quantitative estimate of drug-likeness (QED) is 0.431. The molecule has 0 spiro atoms. The van der Waals surface area contributed by atoms with Crippen molar-refractivity contribution in [2.75, 3.05) is 0 Å². The van der Waals surface area contributed by atoms with Crippen molar-refractivity contribution in [3.05, 3.63) is 60.0 Å². The first-order valence-corrected chi connectivity index (χ1v) is 6.76. The second-order valence-electron chi connectivity index (χ2n) is 4.86. The van der Waals surface area contributed by atoms with Gasteiger partial charge in [-0.15, -0.1) is 0 Å². The van der Waals surface area contributed by atoms with Gasteiger partial charge in [-0.05, 0) is 36.4 Å². The Labute approximate surface area is 132 Å². The molecule has 0 aliphatic heterocycles. The van der Waals surface area contributed by atoms with Crippen LogP contribution in [0.1, 0.15) is 11.3 Å². The van der Waals surface area contributed by atoms with Crippen molar-refractivity contribution in [1.82, 2.24) is 9.97 Å². The summed E-state index contributed by atoms with van der Waals surface area (Å²) in [7, 11) is 0. The highest BCUT2D eigenvalue weighted by atomic mass is 16.3. The van der Waals surface area contributed by atoms with Gasteiger partial charge in [-0.2, -0.15) is 0 Å². The van der Waals surface area contributed by atoms with Crippen LogP contribution in [0, 0.1) is 10.8 Å². The van der Waals surface area contributed by atoms with Gasteiger partial charge in [0, 0.05) is 23.5 Å². The third kappa shape index (κ3) is 2.93. The van der Waals surface area contributed by atoms with E-state index in [9.17, 15) is 0 Å². The number of rotatable bonds is 4. The van der Waals surface area contributed by atoms with E-state index >= 15 is 0 Å². The Morgan fingerprint density at radius 1 is 0.826 bits per heavy atom. The molecular formula is C16H14N6O. The van der Waals surface area contributed by atoms with E-state index in [1.165, 1.54) is 6.20 Å². The normalized spacial score (nSPS) is 10.4. The first-order valence-electron chi connectivity index (χ1n) is 6.76. The minimum Gasteiger partial charge on any atom is -0.454 e. The largest absolute Gasteiger partial charge is 0.454 e. The molecule has 3 rings (SSSR count). The average Bonchev–Trinajstić information content (AvgIpc) is 3.05. The van der Waals surface area contributed by atoms with Crippen LogP contribution >= 0.6 is 0 Å². The number of nitrogens with one attached hydrogen (secondary N) is 2. The molecule has 6 N–H and O–H groups in total. The number of pyridine rings is 2. The zero-order valence-electron chi connectivity index (χ0n) is 12.1. The van der Waals surface area contributed by atoms with Crippen LogP contribution in [0.15, 0.2) is 53.2 Å². The maximum atomic E-state index is 7.36. The lowest BCUT2D eigenvalue weighted by Crippen LogP contribution is -2.12. The van der Waals surface area contributed by atoms with Gasteiger partial charge in [-0.25, -0.2) is 0 Å². The van der Waals surface area contributed by atoms with Crippen LogP contribution in [0.25, 0.3) is 22.8 Å². The van der Waals surface area contributed by atoms with Gasteiger partial charge in [-0.1, -0.05) is 0 Å². The topological polar surface area (TPSA) is 139 Å². The van der Waals surface area contributed by atoms with E-state index in [4.69, 9.17) is 26.7 Å². The van der Waals surface area contributed by atoms with E-state index < -0.39 is 0 Å². The molecule has 0 amide bonds. The Kier molecular flexibility index (Phi) is 3.60. The smallest absolute Gasteiger partial charge is 0.153 e. The van der Waals surface area contributed by atoms with Gasteiger partial charge in [0.2, 0.25) is 0 Å². The van der Waals surface area contributed by atoms with Crippen molar-refractivity contribution in [2.45, 2.75) is 0 Å². The Morgan fingerprint density at radius 2 is 1.61 bits per heavy atom. The van der Waals surface area contributed by atoms with Gasteiger partial charge in [0.1, 0.15) is 28.8 Å². The zero-order chi connectivity index (χ0) is 16.4. The fraction of sp³-hybridized carbons (Fsp3) is 0. The van der Waals surface area contributed by atoms with Crippen molar-refractivity contribution in [1.29, 1.82) is 10.8 Å². The summed E-state index contributed by atoms with van der Waals surface area (Å²) in [6, 6.07) is 10.6. The van der Waals surface area contributed by atoms with Gasteiger partial charge in [0.25, 0.3) is 0 Å². The molecular weight excluding hydrogens is 292 g/mol. The molecule has 0 bridgehead atoms. The number of aromatic nitrogens is 2. The SMILES string of the molecule is N=C(N)c1ccc(-c2ccc(-c3ccc(C(=N)N)nc3)o2)nc1. The van der Waals surface area contributed by atoms with E-state index in [1.54, 1.807) is 30.5 Å². The number of nitrogens with two attached hydrogens (primary N) is 2. The number of nitrogen functional groups attached to an aromatic ring is 2. The molecule has 3 aromatic rings. The second kappa shape index (κ2) is 5.72. The van der Waals surface area contributed by atoms with Crippen molar-refractivity contribution < 1.29 is 4.42 Å². The fourth-order valence-corrected chi connectivity index (χ4v) is 2.03. The van der Waals surface area contributed by atoms with Gasteiger partial charge >= 0.3 is 0 Å². The molecule has 3 heterocycles. The van der Waals surface area contributed by atoms with Crippen LogP contribution in [-0.2, 0) is 0 Å². The van der Waals surface area contributed by atoms with Crippen LogP contribution in [0.4, 0.5) is 0 Å². The second-order valence-corrected chi connectivity index (χ2v) is 4.86. The van der Waals surface area contributed by atoms with Gasteiger partial charge in [-0.3, -0.25) is 20.8 Å². The van der Waals surface area contributed by atoms with Gasteiger partial charge in [0.15, 0.2) is 5.76 Å². The standard InChI is InChI=1S/C16H14N6O/c17-15(18)10-2-3-11(21-8-10)14-6-5-13(23-14)9-1-4-12(16(19)20)22-7-9/h1-8H,(H3,17,18)(H3,19,20). The number of furan rings is 1. The van der Waals surface area contributed by atoms with E-state index in [-0.39, 0.29) is 11.7 Å². The molecule has 0 saturated carbocycles. The zero-order valence-corrected chi connectivity index (χ0v) is 12.1. The van der Waals surface area contributed by atoms with Crippen LogP contribution in [0.2, 0.25) is 0 Å². The highest BCUT2D eigenvalue weighted by molar-refractivity contribution is 5.94. The highest BCUT2D eigenvalue weighted by Crippen LogP contribution is 2.27. The lowest BCUT2D eigenvalue weighted by Gasteiger charge is -2.01. The Morgan fingerprint density at radius 3 is 2.17 bits per heavy atom. The lowest BCUT2D eigenvalue weighted by atomic mass is 10.2. The number of nitrogens with zero attached hydrogens (tertiary/aromatic N) is 2. The molecule has 7 nitrogen and oxygen atoms in total. The molecule has 0 aromatic carbocycles. The van der Waals surface area contributed by atoms with E-state index in [0.29, 0.717) is 28.5 Å². The molecule has 0 radical (unpaired) electrons. The van der Waals surface area contributed by atoms with Crippen molar-refractivity contribution in [3.63, 3.8) is 0 Å². The van der Waals surface area contributed by atoms with Crippen LogP contribution < -0.4 is 11.5 Å². The molecule has 23 heavy (non-hydrogen) atoms. The van der Waals surface area contributed by atoms with Crippen molar-refractivity contribution in [2.24, 2.45) is 11.5 Å². The highest BCUT2D eigenvalue weighted by Gasteiger charge is 2.09. The summed E-state index contributed by atoms with van der Waals surface area (Å²) >= 11 is 0. The van der Waals surface area contributed by atoms with Gasteiger partial charge < -0.3 is 15.9 Å². The first-order chi connectivity index (χ1) is 11.0. The number of amidine groups is 2. The number of hydrogen-bond donors (Lipinski definition) is 4. The first kappa shape index (κ1) is 14.5. The van der Waals surface area contributed by atoms with E-state index in [0.717, 1.165) is 5.56 Å². The average molecular weight is 306 g/mol. The monoisotopic (exact) mass is 306 g/mol. The summed E-state index contributed by atoms with van der Waals surface area (Å²) in [6.07, 6.45) is 3.13. The van der Waals surface area contributed by atoms with Gasteiger partial charge in [0.05, 0.1) is 0 Å². The summed E-state index contributed by atoms with van der Waals surface area (Å²) in [5.74, 6) is 1.14. The maximum absolute atomic E-state index is 7.36. The molecule has 0 saturated heterocycles. The van der Waals surface area contributed by atoms with Crippen molar-refractivity contribution in [3.8, 4) is 22.8 Å². The lowest BCUT2D eigenvalue weighted by molar-refractivity contribution is 0.594. The van der Waals surface area contributed by atoms with Crippen molar-refractivity contribution >= 4 is 11.7 Å². The molecule has 0 atom stereocenters. The molecule has 0 fully saturated rings. The predicted octanol–water partition coefficient (Wildman–Crippen LogP) is 1.97. The summed E-state index contributed by atoms with van der Waals surface area (Å²) in [5.41, 5.74) is 13.2. The summed E-state index contributed by atoms with van der Waals surface area (Å²) in [5, 5.41) is 14.7. The minimum atomic E-state index is -0.0774. The fourth-order valence-electron chi connectivity index (χ4n) is 2.03. The molecule has 0 aliphatic rings. The third-order valence-corrected chi connectivity index (χ3v) is 3.26. The van der Waals surface area contributed by atoms with Crippen LogP contribution in [-0.4, -0.2) is 21.6 Å². The summed E-state index contributed by atoms with van der Waals surface area (Å²) < 4.78 is 5.78. The van der Waals surface area contributed by atoms with E-state index in [2.05, 4.69) is 9.97 Å². The maximum Gasteiger partial charge on any atom is 0.153 e. The summed E-state index contributed by atoms with van der Waals surface area (Å²) in [4.78, 5) is 8.34. The predicted molar refractivity (Wildman–Crippen MR) is 87.2 cm³/mol. The number of hydrogen-bond acceptors (Lipinski definition) is 5. The molecule has 0 aliphatic carbocycles.